The summed E-state index contributed by atoms with van der Waals surface area (Å²) in [6.07, 6.45) is 6.94. The van der Waals surface area contributed by atoms with E-state index < -0.39 is 9.84 Å². The van der Waals surface area contributed by atoms with Crippen molar-refractivity contribution in [2.45, 2.75) is 55.3 Å². The van der Waals surface area contributed by atoms with Gasteiger partial charge in [0.25, 0.3) is 0 Å². The molecule has 3 unspecified atom stereocenters. The van der Waals surface area contributed by atoms with Gasteiger partial charge in [-0.1, -0.05) is 0 Å². The molecule has 0 aromatic heterocycles. The van der Waals surface area contributed by atoms with Crippen molar-refractivity contribution >= 4 is 21.4 Å². The summed E-state index contributed by atoms with van der Waals surface area (Å²) in [5.74, 6) is 1.02. The number of piperidine rings is 1. The Balaban J connectivity index is 1.96. The van der Waals surface area contributed by atoms with Gasteiger partial charge in [-0.2, -0.15) is 0 Å². The number of halogens is 1. The molecule has 1 saturated heterocycles. The van der Waals surface area contributed by atoms with Gasteiger partial charge >= 0.3 is 0 Å². The SMILES string of the molecule is COCC1CCC(Cl)NC1C1CCC(S(C)(=O)=O)CC1. The van der Waals surface area contributed by atoms with Crippen LogP contribution in [0.3, 0.4) is 0 Å². The highest BCUT2D eigenvalue weighted by molar-refractivity contribution is 7.91. The van der Waals surface area contributed by atoms with Gasteiger partial charge in [0.05, 0.1) is 17.4 Å². The first-order valence-electron chi connectivity index (χ1n) is 7.49. The summed E-state index contributed by atoms with van der Waals surface area (Å²) in [7, 11) is -1.15. The molecule has 1 aliphatic heterocycles. The van der Waals surface area contributed by atoms with Crippen LogP contribution in [0.25, 0.3) is 0 Å². The van der Waals surface area contributed by atoms with E-state index in [-0.39, 0.29) is 10.8 Å². The minimum atomic E-state index is -2.89. The Bertz CT molecular complexity index is 407. The van der Waals surface area contributed by atoms with Gasteiger partial charge in [-0.15, -0.1) is 11.6 Å². The summed E-state index contributed by atoms with van der Waals surface area (Å²) in [5, 5.41) is 3.37. The lowest BCUT2D eigenvalue weighted by atomic mass is 9.76. The molecule has 20 heavy (non-hydrogen) atoms. The molecular formula is C14H26ClNO3S. The van der Waals surface area contributed by atoms with Crippen LogP contribution < -0.4 is 5.32 Å². The number of hydrogen-bond donors (Lipinski definition) is 1. The van der Waals surface area contributed by atoms with Gasteiger partial charge in [-0.05, 0) is 50.4 Å². The largest absolute Gasteiger partial charge is 0.384 e. The third-order valence-electron chi connectivity index (χ3n) is 4.89. The molecule has 2 fully saturated rings. The topological polar surface area (TPSA) is 55.4 Å². The van der Waals surface area contributed by atoms with Crippen LogP contribution in [0.1, 0.15) is 38.5 Å². The Morgan fingerprint density at radius 1 is 1.15 bits per heavy atom. The highest BCUT2D eigenvalue weighted by Crippen LogP contribution is 2.36. The van der Waals surface area contributed by atoms with E-state index in [0.29, 0.717) is 17.9 Å². The van der Waals surface area contributed by atoms with E-state index in [1.807, 2.05) is 0 Å². The molecule has 2 rings (SSSR count). The van der Waals surface area contributed by atoms with Crippen molar-refractivity contribution in [1.82, 2.24) is 5.32 Å². The Labute approximate surface area is 127 Å². The molecule has 0 aromatic carbocycles. The van der Waals surface area contributed by atoms with Crippen LogP contribution in [0.15, 0.2) is 0 Å². The van der Waals surface area contributed by atoms with Crippen molar-refractivity contribution in [3.8, 4) is 0 Å². The minimum absolute atomic E-state index is 0.0423. The number of methoxy groups -OCH3 is 1. The van der Waals surface area contributed by atoms with Gasteiger partial charge < -0.3 is 4.74 Å². The first-order chi connectivity index (χ1) is 9.41. The van der Waals surface area contributed by atoms with Crippen LogP contribution in [0.4, 0.5) is 0 Å². The Morgan fingerprint density at radius 2 is 1.80 bits per heavy atom. The fourth-order valence-corrected chi connectivity index (χ4v) is 5.17. The molecule has 6 heteroatoms. The smallest absolute Gasteiger partial charge is 0.150 e. The molecule has 1 heterocycles. The van der Waals surface area contributed by atoms with Crippen LogP contribution in [0.2, 0.25) is 0 Å². The summed E-state index contributed by atoms with van der Waals surface area (Å²) in [4.78, 5) is 0. The summed E-state index contributed by atoms with van der Waals surface area (Å²) in [6, 6.07) is 0.367. The Kier molecular flexibility index (Phi) is 5.74. The molecule has 0 aromatic rings. The van der Waals surface area contributed by atoms with Crippen molar-refractivity contribution in [2.75, 3.05) is 20.0 Å². The molecule has 2 aliphatic rings. The van der Waals surface area contributed by atoms with Crippen molar-refractivity contribution in [3.63, 3.8) is 0 Å². The van der Waals surface area contributed by atoms with E-state index in [0.717, 1.165) is 45.1 Å². The predicted octanol–water partition coefficient (Wildman–Crippen LogP) is 2.17. The maximum absolute atomic E-state index is 11.6. The lowest BCUT2D eigenvalue weighted by molar-refractivity contribution is 0.0776. The third-order valence-corrected chi connectivity index (χ3v) is 6.91. The van der Waals surface area contributed by atoms with Gasteiger partial charge in [0.15, 0.2) is 0 Å². The first kappa shape index (κ1) is 16.5. The maximum Gasteiger partial charge on any atom is 0.150 e. The molecule has 118 valence electrons. The summed E-state index contributed by atoms with van der Waals surface area (Å²) >= 11 is 6.25. The maximum atomic E-state index is 11.6. The van der Waals surface area contributed by atoms with Gasteiger partial charge in [0.2, 0.25) is 0 Å². The normalized spacial score (nSPS) is 39.6. The summed E-state index contributed by atoms with van der Waals surface area (Å²) < 4.78 is 28.6. The Morgan fingerprint density at radius 3 is 2.35 bits per heavy atom. The molecule has 3 atom stereocenters. The molecule has 0 bridgehead atoms. The van der Waals surface area contributed by atoms with Crippen LogP contribution >= 0.6 is 11.6 Å². The lowest BCUT2D eigenvalue weighted by Crippen LogP contribution is -2.52. The molecule has 1 N–H and O–H groups in total. The van der Waals surface area contributed by atoms with Crippen LogP contribution in [0.5, 0.6) is 0 Å². The van der Waals surface area contributed by atoms with Gasteiger partial charge in [0, 0.05) is 19.4 Å². The third kappa shape index (κ3) is 4.09. The van der Waals surface area contributed by atoms with Gasteiger partial charge in [-0.3, -0.25) is 5.32 Å². The molecule has 0 spiro atoms. The van der Waals surface area contributed by atoms with Crippen LogP contribution in [-0.2, 0) is 14.6 Å². The fraction of sp³-hybridized carbons (Fsp3) is 1.00. The molecule has 1 saturated carbocycles. The summed E-state index contributed by atoms with van der Waals surface area (Å²) in [6.45, 7) is 0.757. The quantitative estimate of drug-likeness (QED) is 0.636. The number of nitrogens with one attached hydrogen (secondary N) is 1. The molecular weight excluding hydrogens is 298 g/mol. The minimum Gasteiger partial charge on any atom is -0.384 e. The van der Waals surface area contributed by atoms with E-state index in [4.69, 9.17) is 16.3 Å². The highest BCUT2D eigenvalue weighted by Gasteiger charge is 2.38. The van der Waals surface area contributed by atoms with Crippen molar-refractivity contribution in [1.29, 1.82) is 0 Å². The number of ether oxygens (including phenoxy) is 1. The fourth-order valence-electron chi connectivity index (χ4n) is 3.77. The van der Waals surface area contributed by atoms with Gasteiger partial charge in [-0.25, -0.2) is 8.42 Å². The molecule has 1 aliphatic carbocycles. The van der Waals surface area contributed by atoms with Crippen molar-refractivity contribution in [2.24, 2.45) is 11.8 Å². The zero-order chi connectivity index (χ0) is 14.8. The van der Waals surface area contributed by atoms with Crippen molar-refractivity contribution < 1.29 is 13.2 Å². The second-order valence-electron chi connectivity index (χ2n) is 6.32. The lowest BCUT2D eigenvalue weighted by Gasteiger charge is -2.42. The average Bonchev–Trinajstić information content (AvgIpc) is 2.40. The average molecular weight is 324 g/mol. The zero-order valence-electron chi connectivity index (χ0n) is 12.3. The second-order valence-corrected chi connectivity index (χ2v) is 9.17. The van der Waals surface area contributed by atoms with Crippen LogP contribution in [-0.4, -0.2) is 45.2 Å². The van der Waals surface area contributed by atoms with E-state index in [1.165, 1.54) is 6.26 Å². The number of hydrogen-bond acceptors (Lipinski definition) is 4. The second kappa shape index (κ2) is 6.95. The van der Waals surface area contributed by atoms with E-state index in [1.54, 1.807) is 7.11 Å². The molecule has 0 amide bonds. The van der Waals surface area contributed by atoms with E-state index in [2.05, 4.69) is 5.32 Å². The first-order valence-corrected chi connectivity index (χ1v) is 9.89. The van der Waals surface area contributed by atoms with E-state index in [9.17, 15) is 8.42 Å². The summed E-state index contributed by atoms with van der Waals surface area (Å²) in [5.41, 5.74) is 0.0423. The monoisotopic (exact) mass is 323 g/mol. The highest BCUT2D eigenvalue weighted by atomic mass is 35.5. The standard InChI is InChI=1S/C14H26ClNO3S/c1-19-9-11-5-8-13(15)16-14(11)10-3-6-12(7-4-10)20(2,17)18/h10-14,16H,3-9H2,1-2H3. The van der Waals surface area contributed by atoms with Gasteiger partial charge in [0.1, 0.15) is 9.84 Å². The Hall–Kier alpha value is 0.160. The number of sulfone groups is 1. The number of alkyl halides is 1. The van der Waals surface area contributed by atoms with Crippen LogP contribution in [0, 0.1) is 11.8 Å². The number of rotatable bonds is 4. The van der Waals surface area contributed by atoms with E-state index >= 15 is 0 Å². The zero-order valence-corrected chi connectivity index (χ0v) is 13.9. The van der Waals surface area contributed by atoms with Crippen molar-refractivity contribution in [3.05, 3.63) is 0 Å². The predicted molar refractivity (Wildman–Crippen MR) is 81.8 cm³/mol. The molecule has 0 radical (unpaired) electrons. The molecule has 4 nitrogen and oxygen atoms in total.